The smallest absolute Gasteiger partial charge is 0.267 e. The minimum Gasteiger partial charge on any atom is -0.328 e. The Bertz CT molecular complexity index is 224. The molecule has 0 aromatic carbocycles. The van der Waals surface area contributed by atoms with Gasteiger partial charge in [-0.15, -0.1) is 0 Å². The maximum absolute atomic E-state index is 10.6. The van der Waals surface area contributed by atoms with Crippen LogP contribution in [0.4, 0.5) is 0 Å². The molecule has 5 heteroatoms. The lowest BCUT2D eigenvalue weighted by Crippen LogP contribution is -2.34. The molecule has 2 atom stereocenters. The van der Waals surface area contributed by atoms with Gasteiger partial charge in [0.05, 0.1) is 5.25 Å². The quantitative estimate of drug-likeness (QED) is 0.561. The monoisotopic (exact) mass is 179 g/mol. The van der Waals surface area contributed by atoms with Crippen molar-refractivity contribution in [2.45, 2.75) is 37.0 Å². The van der Waals surface area contributed by atoms with E-state index in [1.165, 1.54) is 0 Å². The van der Waals surface area contributed by atoms with Gasteiger partial charge in [0.25, 0.3) is 10.1 Å². The summed E-state index contributed by atoms with van der Waals surface area (Å²) in [5.41, 5.74) is 5.55. The molecule has 66 valence electrons. The molecule has 0 spiro atoms. The van der Waals surface area contributed by atoms with E-state index in [1.807, 2.05) is 0 Å². The van der Waals surface area contributed by atoms with Crippen molar-refractivity contribution >= 4 is 10.1 Å². The van der Waals surface area contributed by atoms with Gasteiger partial charge in [-0.1, -0.05) is 6.42 Å². The van der Waals surface area contributed by atoms with Crippen molar-refractivity contribution in [3.63, 3.8) is 0 Å². The molecule has 1 fully saturated rings. The topological polar surface area (TPSA) is 80.4 Å². The average Bonchev–Trinajstić information content (AvgIpc) is 1.86. The third-order valence-corrected chi connectivity index (χ3v) is 3.36. The Labute approximate surface area is 66.5 Å². The van der Waals surface area contributed by atoms with Crippen LogP contribution in [0.15, 0.2) is 0 Å². The van der Waals surface area contributed by atoms with Crippen LogP contribution >= 0.6 is 0 Å². The predicted octanol–water partition coefficient (Wildman–Crippen LogP) is 0.144. The van der Waals surface area contributed by atoms with Gasteiger partial charge in [0.15, 0.2) is 0 Å². The van der Waals surface area contributed by atoms with Gasteiger partial charge >= 0.3 is 0 Å². The van der Waals surface area contributed by atoms with Crippen LogP contribution in [0, 0.1) is 0 Å². The Kier molecular flexibility index (Phi) is 2.51. The van der Waals surface area contributed by atoms with E-state index in [0.29, 0.717) is 12.8 Å². The molecule has 0 aliphatic heterocycles. The second-order valence-corrected chi connectivity index (χ2v) is 4.76. The molecule has 0 unspecified atom stereocenters. The normalized spacial score (nSPS) is 33.6. The van der Waals surface area contributed by atoms with Gasteiger partial charge in [-0.05, 0) is 19.3 Å². The lowest BCUT2D eigenvalue weighted by atomic mass is 9.96. The van der Waals surface area contributed by atoms with Crippen LogP contribution in [-0.4, -0.2) is 24.3 Å². The highest BCUT2D eigenvalue weighted by Crippen LogP contribution is 2.22. The molecule has 0 bridgehead atoms. The van der Waals surface area contributed by atoms with Gasteiger partial charge in [-0.2, -0.15) is 8.42 Å². The fraction of sp³-hybridized carbons (Fsp3) is 1.00. The molecular formula is C6H13NO3S. The number of nitrogens with two attached hydrogens (primary N) is 1. The van der Waals surface area contributed by atoms with Crippen molar-refractivity contribution in [2.75, 3.05) is 0 Å². The van der Waals surface area contributed by atoms with E-state index in [9.17, 15) is 8.42 Å². The number of hydrogen-bond donors (Lipinski definition) is 2. The first-order valence-corrected chi connectivity index (χ1v) is 5.22. The van der Waals surface area contributed by atoms with E-state index in [0.717, 1.165) is 12.8 Å². The van der Waals surface area contributed by atoms with Crippen LogP contribution in [0.3, 0.4) is 0 Å². The standard InChI is InChI=1S/C6H13NO3S/c7-5-2-1-3-6(4-5)11(8,9)10/h5-6H,1-4,7H2,(H,8,9,10)/t5-,6-/m0/s1. The summed E-state index contributed by atoms with van der Waals surface area (Å²) in [6.45, 7) is 0. The third-order valence-electron chi connectivity index (χ3n) is 2.09. The van der Waals surface area contributed by atoms with Crippen molar-refractivity contribution in [1.82, 2.24) is 0 Å². The van der Waals surface area contributed by atoms with E-state index in [1.54, 1.807) is 0 Å². The molecule has 1 rings (SSSR count). The van der Waals surface area contributed by atoms with E-state index < -0.39 is 15.4 Å². The maximum atomic E-state index is 10.6. The highest BCUT2D eigenvalue weighted by molar-refractivity contribution is 7.86. The number of hydrogen-bond acceptors (Lipinski definition) is 3. The van der Waals surface area contributed by atoms with Gasteiger partial charge in [0.2, 0.25) is 0 Å². The van der Waals surface area contributed by atoms with Gasteiger partial charge < -0.3 is 5.73 Å². The van der Waals surface area contributed by atoms with Crippen LogP contribution in [0.2, 0.25) is 0 Å². The van der Waals surface area contributed by atoms with Crippen LogP contribution < -0.4 is 5.73 Å². The Morgan fingerprint density at radius 2 is 2.00 bits per heavy atom. The zero-order chi connectivity index (χ0) is 8.48. The molecule has 0 radical (unpaired) electrons. The first-order chi connectivity index (χ1) is 5.00. The lowest BCUT2D eigenvalue weighted by molar-refractivity contribution is 0.398. The van der Waals surface area contributed by atoms with Gasteiger partial charge in [0, 0.05) is 6.04 Å². The van der Waals surface area contributed by atoms with E-state index >= 15 is 0 Å². The first-order valence-electron chi connectivity index (χ1n) is 3.72. The predicted molar refractivity (Wildman–Crippen MR) is 41.8 cm³/mol. The lowest BCUT2D eigenvalue weighted by Gasteiger charge is -2.23. The third kappa shape index (κ3) is 2.43. The molecule has 0 aromatic heterocycles. The molecule has 1 aliphatic rings. The number of rotatable bonds is 1. The molecule has 1 aliphatic carbocycles. The van der Waals surface area contributed by atoms with Crippen molar-refractivity contribution < 1.29 is 13.0 Å². The van der Waals surface area contributed by atoms with Crippen molar-refractivity contribution in [2.24, 2.45) is 5.73 Å². The van der Waals surface area contributed by atoms with Gasteiger partial charge in [-0.3, -0.25) is 4.55 Å². The molecule has 11 heavy (non-hydrogen) atoms. The van der Waals surface area contributed by atoms with Gasteiger partial charge in [0.1, 0.15) is 0 Å². The summed E-state index contributed by atoms with van der Waals surface area (Å²) in [6.07, 6.45) is 2.61. The van der Waals surface area contributed by atoms with E-state index in [4.69, 9.17) is 10.3 Å². The minimum atomic E-state index is -3.84. The molecule has 0 amide bonds. The molecule has 0 heterocycles. The molecule has 0 aromatic rings. The summed E-state index contributed by atoms with van der Waals surface area (Å²) in [4.78, 5) is 0. The van der Waals surface area contributed by atoms with E-state index in [2.05, 4.69) is 0 Å². The average molecular weight is 179 g/mol. The molecule has 4 nitrogen and oxygen atoms in total. The van der Waals surface area contributed by atoms with Crippen molar-refractivity contribution in [1.29, 1.82) is 0 Å². The van der Waals surface area contributed by atoms with Crippen LogP contribution in [0.25, 0.3) is 0 Å². The molecular weight excluding hydrogens is 166 g/mol. The second kappa shape index (κ2) is 3.08. The van der Waals surface area contributed by atoms with Gasteiger partial charge in [-0.25, -0.2) is 0 Å². The second-order valence-electron chi connectivity index (χ2n) is 3.06. The Morgan fingerprint density at radius 3 is 2.36 bits per heavy atom. The summed E-state index contributed by atoms with van der Waals surface area (Å²) in [7, 11) is -3.84. The summed E-state index contributed by atoms with van der Waals surface area (Å²) < 4.78 is 29.9. The van der Waals surface area contributed by atoms with Crippen LogP contribution in [0.5, 0.6) is 0 Å². The SMILES string of the molecule is N[C@H]1CCC[C@H](S(=O)(=O)O)C1. The Balaban J connectivity index is 2.60. The Morgan fingerprint density at radius 1 is 1.36 bits per heavy atom. The minimum absolute atomic E-state index is 0.0596. The zero-order valence-corrected chi connectivity index (χ0v) is 7.05. The largest absolute Gasteiger partial charge is 0.328 e. The summed E-state index contributed by atoms with van der Waals surface area (Å²) >= 11 is 0. The summed E-state index contributed by atoms with van der Waals surface area (Å²) in [5.74, 6) is 0. The summed E-state index contributed by atoms with van der Waals surface area (Å²) in [6, 6.07) is -0.0596. The fourth-order valence-electron chi connectivity index (χ4n) is 1.45. The van der Waals surface area contributed by atoms with Crippen LogP contribution in [0.1, 0.15) is 25.7 Å². The fourth-order valence-corrected chi connectivity index (χ4v) is 2.41. The Hall–Kier alpha value is -0.130. The maximum Gasteiger partial charge on any atom is 0.267 e. The molecule has 0 saturated heterocycles. The zero-order valence-electron chi connectivity index (χ0n) is 6.23. The molecule has 3 N–H and O–H groups in total. The van der Waals surface area contributed by atoms with E-state index in [-0.39, 0.29) is 6.04 Å². The highest BCUT2D eigenvalue weighted by atomic mass is 32.2. The first kappa shape index (κ1) is 8.96. The summed E-state index contributed by atoms with van der Waals surface area (Å²) in [5, 5.41) is -0.619. The highest BCUT2D eigenvalue weighted by Gasteiger charge is 2.28. The van der Waals surface area contributed by atoms with Crippen molar-refractivity contribution in [3.05, 3.63) is 0 Å². The van der Waals surface area contributed by atoms with Crippen molar-refractivity contribution in [3.8, 4) is 0 Å². The molecule has 1 saturated carbocycles. The van der Waals surface area contributed by atoms with Crippen LogP contribution in [-0.2, 0) is 10.1 Å².